The summed E-state index contributed by atoms with van der Waals surface area (Å²) >= 11 is 0. The summed E-state index contributed by atoms with van der Waals surface area (Å²) in [5, 5.41) is 9.64. The molecule has 1 aliphatic rings. The van der Waals surface area contributed by atoms with E-state index in [-0.39, 0.29) is 24.5 Å². The van der Waals surface area contributed by atoms with Crippen LogP contribution in [0.3, 0.4) is 0 Å². The third-order valence-corrected chi connectivity index (χ3v) is 11.9. The Hall–Kier alpha value is -1.14. The van der Waals surface area contributed by atoms with Gasteiger partial charge in [0.15, 0.2) is 0 Å². The Morgan fingerprint density at radius 2 is 0.943 bits per heavy atom. The van der Waals surface area contributed by atoms with Gasteiger partial charge in [-0.1, -0.05) is 181 Å². The van der Waals surface area contributed by atoms with E-state index in [1.54, 1.807) is 0 Å². The summed E-state index contributed by atoms with van der Waals surface area (Å²) in [7, 11) is 0. The van der Waals surface area contributed by atoms with E-state index in [2.05, 4.69) is 25.7 Å². The Morgan fingerprint density at radius 1 is 0.528 bits per heavy atom. The number of hydrogen-bond donors (Lipinski definition) is 1. The van der Waals surface area contributed by atoms with E-state index < -0.39 is 0 Å². The second kappa shape index (κ2) is 37.8. The van der Waals surface area contributed by atoms with Gasteiger partial charge in [0.05, 0.1) is 19.8 Å². The first-order valence-corrected chi connectivity index (χ1v) is 23.7. The standard InChI is InChI=1S/C47H91NO5/c1-4-7-10-13-15-16-17-18-19-20-21-23-26-36-46(50)52-41-44(33-29-30-37-48(38-39-49)45-34-27-28-35-45)42-53-47(51)40-43(31-24-12-9-6-3)32-25-22-14-11-8-5-2/h43-45,49H,4-42H2,1-3H3. The molecule has 6 heteroatoms. The minimum atomic E-state index is -0.106. The van der Waals surface area contributed by atoms with Crippen LogP contribution in [-0.2, 0) is 19.1 Å². The van der Waals surface area contributed by atoms with Crippen molar-refractivity contribution in [1.82, 2.24) is 4.90 Å². The molecule has 0 aromatic heterocycles. The zero-order valence-electron chi connectivity index (χ0n) is 35.8. The van der Waals surface area contributed by atoms with E-state index in [0.29, 0.717) is 38.0 Å². The number of hydrogen-bond acceptors (Lipinski definition) is 6. The maximum atomic E-state index is 13.2. The molecular formula is C47H91NO5. The van der Waals surface area contributed by atoms with Crippen molar-refractivity contribution in [3.05, 3.63) is 0 Å². The lowest BCUT2D eigenvalue weighted by Crippen LogP contribution is -2.36. The summed E-state index contributed by atoms with van der Waals surface area (Å²) < 4.78 is 11.8. The quantitative estimate of drug-likeness (QED) is 0.0496. The van der Waals surface area contributed by atoms with E-state index in [9.17, 15) is 14.7 Å². The van der Waals surface area contributed by atoms with Gasteiger partial charge in [0.2, 0.25) is 0 Å². The van der Waals surface area contributed by atoms with Crippen LogP contribution in [0, 0.1) is 11.8 Å². The van der Waals surface area contributed by atoms with Crippen LogP contribution in [0.2, 0.25) is 0 Å². The molecule has 6 nitrogen and oxygen atoms in total. The minimum Gasteiger partial charge on any atom is -0.465 e. The van der Waals surface area contributed by atoms with E-state index in [4.69, 9.17) is 9.47 Å². The molecule has 0 saturated heterocycles. The lowest BCUT2D eigenvalue weighted by molar-refractivity contribution is -0.150. The molecular weight excluding hydrogens is 659 g/mol. The van der Waals surface area contributed by atoms with Gasteiger partial charge in [-0.05, 0) is 57.4 Å². The first kappa shape index (κ1) is 49.9. The van der Waals surface area contributed by atoms with E-state index in [0.717, 1.165) is 58.0 Å². The molecule has 0 aromatic carbocycles. The van der Waals surface area contributed by atoms with Gasteiger partial charge in [-0.3, -0.25) is 14.5 Å². The second-order valence-corrected chi connectivity index (χ2v) is 16.9. The Balaban J connectivity index is 2.50. The Morgan fingerprint density at radius 3 is 1.45 bits per heavy atom. The van der Waals surface area contributed by atoms with Gasteiger partial charge in [0.25, 0.3) is 0 Å². The number of aliphatic hydroxyl groups excluding tert-OH is 1. The molecule has 1 aliphatic carbocycles. The smallest absolute Gasteiger partial charge is 0.306 e. The van der Waals surface area contributed by atoms with Gasteiger partial charge in [-0.2, -0.15) is 0 Å². The summed E-state index contributed by atoms with van der Waals surface area (Å²) in [4.78, 5) is 28.4. The van der Waals surface area contributed by atoms with Crippen LogP contribution < -0.4 is 0 Å². The highest BCUT2D eigenvalue weighted by atomic mass is 16.5. The van der Waals surface area contributed by atoms with Gasteiger partial charge in [0, 0.05) is 31.3 Å². The topological polar surface area (TPSA) is 76.1 Å². The van der Waals surface area contributed by atoms with E-state index in [1.807, 2.05) is 0 Å². The average Bonchev–Trinajstić information content (AvgIpc) is 3.70. The lowest BCUT2D eigenvalue weighted by atomic mass is 9.91. The molecule has 2 atom stereocenters. The molecule has 0 heterocycles. The van der Waals surface area contributed by atoms with Crippen LogP contribution in [0.15, 0.2) is 0 Å². The van der Waals surface area contributed by atoms with Crippen molar-refractivity contribution in [2.24, 2.45) is 11.8 Å². The molecule has 1 saturated carbocycles. The maximum absolute atomic E-state index is 13.2. The monoisotopic (exact) mass is 750 g/mol. The predicted octanol–water partition coefficient (Wildman–Crippen LogP) is 13.3. The predicted molar refractivity (Wildman–Crippen MR) is 225 cm³/mol. The molecule has 314 valence electrons. The van der Waals surface area contributed by atoms with Crippen molar-refractivity contribution >= 4 is 11.9 Å². The molecule has 0 radical (unpaired) electrons. The van der Waals surface area contributed by atoms with Crippen LogP contribution in [0.4, 0.5) is 0 Å². The first-order chi connectivity index (χ1) is 26.0. The molecule has 2 unspecified atom stereocenters. The molecule has 0 aliphatic heterocycles. The van der Waals surface area contributed by atoms with Crippen molar-refractivity contribution in [3.63, 3.8) is 0 Å². The molecule has 1 N–H and O–H groups in total. The van der Waals surface area contributed by atoms with Crippen molar-refractivity contribution in [1.29, 1.82) is 0 Å². The molecule has 1 rings (SSSR count). The molecule has 0 spiro atoms. The SMILES string of the molecule is CCCCCCCCCCCCCCCC(=O)OCC(CCCCN(CCO)C1CCCC1)COC(=O)CC(CCCCCC)CCCCCCCC. The van der Waals surface area contributed by atoms with Crippen molar-refractivity contribution < 1.29 is 24.2 Å². The van der Waals surface area contributed by atoms with Crippen molar-refractivity contribution in [2.75, 3.05) is 32.9 Å². The van der Waals surface area contributed by atoms with Crippen LogP contribution in [-0.4, -0.2) is 60.9 Å². The number of carbonyl (C=O) groups is 2. The molecule has 1 fully saturated rings. The number of nitrogens with zero attached hydrogens (tertiary/aromatic N) is 1. The van der Waals surface area contributed by atoms with Gasteiger partial charge >= 0.3 is 11.9 Å². The molecule has 53 heavy (non-hydrogen) atoms. The van der Waals surface area contributed by atoms with E-state index >= 15 is 0 Å². The molecule has 0 bridgehead atoms. The van der Waals surface area contributed by atoms with Gasteiger partial charge in [-0.15, -0.1) is 0 Å². The summed E-state index contributed by atoms with van der Waals surface area (Å²) in [6.07, 6.45) is 40.7. The van der Waals surface area contributed by atoms with Crippen molar-refractivity contribution in [3.8, 4) is 0 Å². The number of carbonyl (C=O) groups excluding carboxylic acids is 2. The summed E-state index contributed by atoms with van der Waals surface area (Å²) in [5.41, 5.74) is 0. The number of unbranched alkanes of at least 4 members (excludes halogenated alkanes) is 21. The number of rotatable bonds is 40. The molecule has 0 amide bonds. The van der Waals surface area contributed by atoms with Crippen LogP contribution in [0.25, 0.3) is 0 Å². The fourth-order valence-electron chi connectivity index (χ4n) is 8.33. The Bertz CT molecular complexity index is 800. The van der Waals surface area contributed by atoms with Crippen LogP contribution in [0.1, 0.15) is 239 Å². The third-order valence-electron chi connectivity index (χ3n) is 11.9. The normalized spacial score (nSPS) is 14.6. The highest BCUT2D eigenvalue weighted by Crippen LogP contribution is 2.25. The zero-order valence-corrected chi connectivity index (χ0v) is 35.8. The summed E-state index contributed by atoms with van der Waals surface area (Å²) in [5.74, 6) is 0.269. The second-order valence-electron chi connectivity index (χ2n) is 16.9. The number of ether oxygens (including phenoxy) is 2. The maximum Gasteiger partial charge on any atom is 0.306 e. The first-order valence-electron chi connectivity index (χ1n) is 23.7. The van der Waals surface area contributed by atoms with Gasteiger partial charge < -0.3 is 14.6 Å². The van der Waals surface area contributed by atoms with Crippen LogP contribution in [0.5, 0.6) is 0 Å². The van der Waals surface area contributed by atoms with Crippen LogP contribution >= 0.6 is 0 Å². The number of esters is 2. The third kappa shape index (κ3) is 30.7. The Kier molecular flexibility index (Phi) is 35.5. The lowest BCUT2D eigenvalue weighted by Gasteiger charge is -2.28. The highest BCUT2D eigenvalue weighted by Gasteiger charge is 2.22. The zero-order chi connectivity index (χ0) is 38.5. The largest absolute Gasteiger partial charge is 0.465 e. The van der Waals surface area contributed by atoms with Gasteiger partial charge in [0.1, 0.15) is 0 Å². The van der Waals surface area contributed by atoms with Gasteiger partial charge in [-0.25, -0.2) is 0 Å². The fraction of sp³-hybridized carbons (Fsp3) is 0.957. The summed E-state index contributed by atoms with van der Waals surface area (Å²) in [6.45, 7) is 9.42. The highest BCUT2D eigenvalue weighted by molar-refractivity contribution is 5.70. The fourth-order valence-corrected chi connectivity index (χ4v) is 8.33. The number of aliphatic hydroxyl groups is 1. The Labute approximate surface area is 330 Å². The minimum absolute atomic E-state index is 0.0360. The summed E-state index contributed by atoms with van der Waals surface area (Å²) in [6, 6.07) is 0.608. The van der Waals surface area contributed by atoms with Crippen molar-refractivity contribution in [2.45, 2.75) is 245 Å². The van der Waals surface area contributed by atoms with E-state index in [1.165, 1.54) is 161 Å². The average molecular weight is 750 g/mol. The molecule has 0 aromatic rings.